The molecule has 0 unspecified atom stereocenters. The van der Waals surface area contributed by atoms with Crippen LogP contribution in [0.4, 0.5) is 0 Å². The molecule has 0 bridgehead atoms. The molecule has 0 amide bonds. The molecule has 76 valence electrons. The quantitative estimate of drug-likeness (QED) is 0.696. The van der Waals surface area contributed by atoms with Crippen molar-refractivity contribution < 1.29 is 0 Å². The number of hydrogen-bond acceptors (Lipinski definition) is 4. The fourth-order valence-electron chi connectivity index (χ4n) is 1.32. The first-order valence-electron chi connectivity index (χ1n) is 4.51. The van der Waals surface area contributed by atoms with Crippen LogP contribution in [0.2, 0.25) is 0 Å². The highest BCUT2D eigenvalue weighted by molar-refractivity contribution is 5.16. The average molecular weight is 202 g/mol. The highest BCUT2D eigenvalue weighted by Crippen LogP contribution is 2.01. The van der Waals surface area contributed by atoms with Gasteiger partial charge in [-0.25, -0.2) is 9.97 Å². The van der Waals surface area contributed by atoms with E-state index in [0.29, 0.717) is 12.0 Å². The highest BCUT2D eigenvalue weighted by atomic mass is 16.1. The fourth-order valence-corrected chi connectivity index (χ4v) is 1.32. The lowest BCUT2D eigenvalue weighted by molar-refractivity contribution is 0.829. The molecule has 2 aromatic rings. The van der Waals surface area contributed by atoms with Crippen LogP contribution in [-0.4, -0.2) is 19.5 Å². The molecule has 2 heterocycles. The van der Waals surface area contributed by atoms with Gasteiger partial charge in [0.25, 0.3) is 5.56 Å². The maximum atomic E-state index is 11.4. The number of nitrogens with zero attached hydrogens (tertiary/aromatic N) is 4. The maximum Gasteiger partial charge on any atom is 0.276 e. The Bertz CT molecular complexity index is 506. The Morgan fingerprint density at radius 1 is 1.33 bits per heavy atom. The number of aromatic nitrogens is 4. The Balaban J connectivity index is 2.32. The van der Waals surface area contributed by atoms with E-state index in [2.05, 4.69) is 15.0 Å². The minimum absolute atomic E-state index is 0.197. The molecule has 0 atom stereocenters. The molecule has 2 rings (SSSR count). The molecule has 0 aliphatic rings. The highest BCUT2D eigenvalue weighted by Gasteiger charge is 2.02. The molecule has 0 N–H and O–H groups in total. The predicted molar refractivity (Wildman–Crippen MR) is 54.3 cm³/mol. The van der Waals surface area contributed by atoms with E-state index in [0.717, 1.165) is 5.56 Å². The third kappa shape index (κ3) is 2.25. The SMILES string of the molecule is Cn1cnc(=O)c(Cc2cncnc2)c1. The van der Waals surface area contributed by atoms with E-state index in [1.807, 2.05) is 7.05 Å². The molecule has 0 aliphatic heterocycles. The van der Waals surface area contributed by atoms with Gasteiger partial charge < -0.3 is 4.57 Å². The molecule has 0 aromatic carbocycles. The standard InChI is InChI=1S/C10H10N4O/c1-14-5-9(10(15)13-7-14)2-8-3-11-6-12-4-8/h3-7H,2H2,1H3. The third-order valence-electron chi connectivity index (χ3n) is 2.00. The van der Waals surface area contributed by atoms with E-state index in [-0.39, 0.29) is 5.56 Å². The van der Waals surface area contributed by atoms with Crippen LogP contribution >= 0.6 is 0 Å². The van der Waals surface area contributed by atoms with Crippen molar-refractivity contribution in [3.8, 4) is 0 Å². The molecule has 5 heteroatoms. The van der Waals surface area contributed by atoms with Crippen LogP contribution in [0.3, 0.4) is 0 Å². The molecule has 0 spiro atoms. The van der Waals surface area contributed by atoms with E-state index < -0.39 is 0 Å². The predicted octanol–water partition coefficient (Wildman–Crippen LogP) is 0.161. The number of rotatable bonds is 2. The van der Waals surface area contributed by atoms with Crippen LogP contribution in [-0.2, 0) is 13.5 Å². The van der Waals surface area contributed by atoms with Crippen LogP contribution in [0.15, 0.2) is 36.0 Å². The van der Waals surface area contributed by atoms with Crippen molar-refractivity contribution in [3.05, 3.63) is 52.7 Å². The van der Waals surface area contributed by atoms with Gasteiger partial charge in [0, 0.05) is 37.6 Å². The van der Waals surface area contributed by atoms with Crippen LogP contribution < -0.4 is 5.56 Å². The van der Waals surface area contributed by atoms with E-state index in [4.69, 9.17) is 0 Å². The summed E-state index contributed by atoms with van der Waals surface area (Å²) in [6.07, 6.45) is 8.63. The molecule has 0 aliphatic carbocycles. The molecule has 0 saturated heterocycles. The van der Waals surface area contributed by atoms with Crippen molar-refractivity contribution in [3.63, 3.8) is 0 Å². The minimum atomic E-state index is -0.197. The Morgan fingerprint density at radius 3 is 2.80 bits per heavy atom. The van der Waals surface area contributed by atoms with Gasteiger partial charge in [-0.2, -0.15) is 4.98 Å². The fraction of sp³-hybridized carbons (Fsp3) is 0.200. The molecule has 15 heavy (non-hydrogen) atoms. The minimum Gasteiger partial charge on any atom is -0.342 e. The second-order valence-corrected chi connectivity index (χ2v) is 3.29. The van der Waals surface area contributed by atoms with Gasteiger partial charge in [-0.05, 0) is 5.56 Å². The van der Waals surface area contributed by atoms with Crippen LogP contribution in [0.25, 0.3) is 0 Å². The summed E-state index contributed by atoms with van der Waals surface area (Å²) in [4.78, 5) is 22.9. The van der Waals surface area contributed by atoms with E-state index >= 15 is 0 Å². The monoisotopic (exact) mass is 202 g/mol. The van der Waals surface area contributed by atoms with E-state index in [1.165, 1.54) is 12.7 Å². The van der Waals surface area contributed by atoms with Gasteiger partial charge in [-0.1, -0.05) is 0 Å². The normalized spacial score (nSPS) is 10.2. The summed E-state index contributed by atoms with van der Waals surface area (Å²) >= 11 is 0. The van der Waals surface area contributed by atoms with E-state index in [1.54, 1.807) is 23.2 Å². The van der Waals surface area contributed by atoms with Crippen LogP contribution in [0.1, 0.15) is 11.1 Å². The molecule has 2 aromatic heterocycles. The summed E-state index contributed by atoms with van der Waals surface area (Å²) in [5, 5.41) is 0. The maximum absolute atomic E-state index is 11.4. The lowest BCUT2D eigenvalue weighted by atomic mass is 10.1. The van der Waals surface area contributed by atoms with Gasteiger partial charge in [0.1, 0.15) is 6.33 Å². The Morgan fingerprint density at radius 2 is 2.07 bits per heavy atom. The first-order chi connectivity index (χ1) is 7.25. The van der Waals surface area contributed by atoms with Gasteiger partial charge in [0.15, 0.2) is 0 Å². The summed E-state index contributed by atoms with van der Waals surface area (Å²) in [7, 11) is 1.83. The Kier molecular flexibility index (Phi) is 2.53. The van der Waals surface area contributed by atoms with Crippen LogP contribution in [0.5, 0.6) is 0 Å². The number of aryl methyl sites for hydroxylation is 1. The van der Waals surface area contributed by atoms with Gasteiger partial charge in [0.2, 0.25) is 0 Å². The smallest absolute Gasteiger partial charge is 0.276 e. The Labute approximate surface area is 86.5 Å². The molecular weight excluding hydrogens is 192 g/mol. The molecule has 5 nitrogen and oxygen atoms in total. The zero-order valence-corrected chi connectivity index (χ0v) is 8.29. The summed E-state index contributed by atoms with van der Waals surface area (Å²) in [6, 6.07) is 0. The van der Waals surface area contributed by atoms with Crippen molar-refractivity contribution >= 4 is 0 Å². The van der Waals surface area contributed by atoms with Gasteiger partial charge in [-0.3, -0.25) is 4.79 Å². The molecule has 0 radical (unpaired) electrons. The van der Waals surface area contributed by atoms with Crippen molar-refractivity contribution in [2.24, 2.45) is 7.05 Å². The number of hydrogen-bond donors (Lipinski definition) is 0. The van der Waals surface area contributed by atoms with Crippen LogP contribution in [0, 0.1) is 0 Å². The first kappa shape index (κ1) is 9.51. The average Bonchev–Trinajstić information content (AvgIpc) is 2.25. The van der Waals surface area contributed by atoms with Gasteiger partial charge in [-0.15, -0.1) is 0 Å². The molecular formula is C10H10N4O. The zero-order valence-electron chi connectivity index (χ0n) is 8.29. The summed E-state index contributed by atoms with van der Waals surface area (Å²) in [5.74, 6) is 0. The van der Waals surface area contributed by atoms with Crippen molar-refractivity contribution in [1.29, 1.82) is 0 Å². The Hall–Kier alpha value is -2.04. The topological polar surface area (TPSA) is 60.7 Å². The first-order valence-corrected chi connectivity index (χ1v) is 4.51. The second kappa shape index (κ2) is 4.00. The lowest BCUT2D eigenvalue weighted by Gasteiger charge is -2.01. The third-order valence-corrected chi connectivity index (χ3v) is 2.00. The molecule has 0 fully saturated rings. The molecule has 0 saturated carbocycles. The van der Waals surface area contributed by atoms with E-state index in [9.17, 15) is 4.79 Å². The lowest BCUT2D eigenvalue weighted by Crippen LogP contribution is -2.15. The van der Waals surface area contributed by atoms with Gasteiger partial charge in [0.05, 0.1) is 6.33 Å². The largest absolute Gasteiger partial charge is 0.342 e. The van der Waals surface area contributed by atoms with Crippen molar-refractivity contribution in [2.75, 3.05) is 0 Å². The second-order valence-electron chi connectivity index (χ2n) is 3.29. The summed E-state index contributed by atoms with van der Waals surface area (Å²) in [6.45, 7) is 0. The van der Waals surface area contributed by atoms with Crippen molar-refractivity contribution in [2.45, 2.75) is 6.42 Å². The summed E-state index contributed by atoms with van der Waals surface area (Å²) in [5.41, 5.74) is 1.36. The van der Waals surface area contributed by atoms with Crippen molar-refractivity contribution in [1.82, 2.24) is 19.5 Å². The zero-order chi connectivity index (χ0) is 10.7. The van der Waals surface area contributed by atoms with Gasteiger partial charge >= 0.3 is 0 Å². The summed E-state index contributed by atoms with van der Waals surface area (Å²) < 4.78 is 1.75.